The molecule has 0 heterocycles. The van der Waals surface area contributed by atoms with Crippen molar-refractivity contribution in [2.24, 2.45) is 5.73 Å². The Morgan fingerprint density at radius 3 is 2.44 bits per heavy atom. The molecule has 3 amide bonds. The predicted octanol–water partition coefficient (Wildman–Crippen LogP) is 1.98. The fourth-order valence-corrected chi connectivity index (χ4v) is 1.47. The zero-order valence-corrected chi connectivity index (χ0v) is 10.5. The van der Waals surface area contributed by atoms with E-state index in [0.29, 0.717) is 18.7 Å². The minimum absolute atomic E-state index is 0.0659. The summed E-state index contributed by atoms with van der Waals surface area (Å²) in [6, 6.07) is 6.59. The number of nitrogens with two attached hydrogens (primary N) is 1. The molecule has 5 nitrogen and oxygen atoms in total. The van der Waals surface area contributed by atoms with Crippen LogP contribution in [0.1, 0.15) is 31.7 Å². The lowest BCUT2D eigenvalue weighted by Gasteiger charge is -2.06. The predicted molar refractivity (Wildman–Crippen MR) is 71.0 cm³/mol. The largest absolute Gasteiger partial charge is 0.352 e. The highest BCUT2D eigenvalue weighted by Crippen LogP contribution is 2.09. The van der Waals surface area contributed by atoms with Crippen LogP contribution in [-0.4, -0.2) is 11.9 Å². The molecule has 0 saturated carbocycles. The molecule has 0 aliphatic rings. The summed E-state index contributed by atoms with van der Waals surface area (Å²) in [4.78, 5) is 22.0. The molecule has 0 fully saturated rings. The second kappa shape index (κ2) is 7.32. The molecule has 4 N–H and O–H groups in total. The fraction of sp³-hybridized carbons (Fsp3) is 0.385. The molecule has 0 radical (unpaired) electrons. The van der Waals surface area contributed by atoms with Gasteiger partial charge in [-0.1, -0.05) is 25.5 Å². The van der Waals surface area contributed by atoms with E-state index in [2.05, 4.69) is 17.6 Å². The van der Waals surface area contributed by atoms with Gasteiger partial charge >= 0.3 is 6.03 Å². The number of hydrogen-bond donors (Lipinski definition) is 3. The van der Waals surface area contributed by atoms with Gasteiger partial charge in [0, 0.05) is 18.7 Å². The van der Waals surface area contributed by atoms with Crippen LogP contribution in [0, 0.1) is 0 Å². The number of nitrogens with one attached hydrogen (secondary N) is 2. The van der Waals surface area contributed by atoms with E-state index >= 15 is 0 Å². The van der Waals surface area contributed by atoms with Crippen LogP contribution in [0.15, 0.2) is 24.3 Å². The number of benzene rings is 1. The lowest BCUT2D eigenvalue weighted by molar-refractivity contribution is -0.121. The summed E-state index contributed by atoms with van der Waals surface area (Å²) < 4.78 is 0. The van der Waals surface area contributed by atoms with E-state index in [1.807, 2.05) is 12.1 Å². The second-order valence-corrected chi connectivity index (χ2v) is 4.07. The van der Waals surface area contributed by atoms with Crippen molar-refractivity contribution >= 4 is 17.6 Å². The van der Waals surface area contributed by atoms with Gasteiger partial charge in [0.1, 0.15) is 0 Å². The molecule has 0 aliphatic heterocycles. The average molecular weight is 249 g/mol. The minimum Gasteiger partial charge on any atom is -0.352 e. The zero-order valence-electron chi connectivity index (χ0n) is 10.5. The number of primary amides is 1. The molecular formula is C13H19N3O2. The first-order chi connectivity index (χ1) is 8.61. The molecule has 0 spiro atoms. The van der Waals surface area contributed by atoms with Crippen LogP contribution < -0.4 is 16.4 Å². The smallest absolute Gasteiger partial charge is 0.316 e. The van der Waals surface area contributed by atoms with E-state index < -0.39 is 6.03 Å². The van der Waals surface area contributed by atoms with Crippen LogP contribution in [0.3, 0.4) is 0 Å². The third kappa shape index (κ3) is 5.34. The molecule has 1 rings (SSSR count). The Morgan fingerprint density at radius 2 is 1.89 bits per heavy atom. The maximum absolute atomic E-state index is 11.4. The SMILES string of the molecule is CCCCC(=O)NCc1ccc(NC(N)=O)cc1. The third-order valence-corrected chi connectivity index (χ3v) is 2.47. The summed E-state index contributed by atoms with van der Waals surface area (Å²) in [5, 5.41) is 5.32. The summed E-state index contributed by atoms with van der Waals surface area (Å²) in [5.74, 6) is 0.0659. The molecule has 98 valence electrons. The summed E-state index contributed by atoms with van der Waals surface area (Å²) >= 11 is 0. The van der Waals surface area contributed by atoms with Crippen molar-refractivity contribution in [2.45, 2.75) is 32.7 Å². The van der Waals surface area contributed by atoms with Crippen LogP contribution in [-0.2, 0) is 11.3 Å². The van der Waals surface area contributed by atoms with Gasteiger partial charge in [-0.25, -0.2) is 4.79 Å². The summed E-state index contributed by atoms with van der Waals surface area (Å²) in [5.41, 5.74) is 6.62. The zero-order chi connectivity index (χ0) is 13.4. The maximum atomic E-state index is 11.4. The molecule has 0 atom stereocenters. The Bertz CT molecular complexity index is 401. The van der Waals surface area contributed by atoms with Gasteiger partial charge in [0.25, 0.3) is 0 Å². The number of anilines is 1. The van der Waals surface area contributed by atoms with E-state index in [9.17, 15) is 9.59 Å². The molecular weight excluding hydrogens is 230 g/mol. The van der Waals surface area contributed by atoms with E-state index in [4.69, 9.17) is 5.73 Å². The Hall–Kier alpha value is -2.04. The number of carbonyl (C=O) groups is 2. The van der Waals surface area contributed by atoms with Crippen molar-refractivity contribution in [1.82, 2.24) is 5.32 Å². The van der Waals surface area contributed by atoms with Crippen LogP contribution in [0.2, 0.25) is 0 Å². The number of rotatable bonds is 6. The Balaban J connectivity index is 2.39. The van der Waals surface area contributed by atoms with Crippen molar-refractivity contribution in [3.8, 4) is 0 Å². The second-order valence-electron chi connectivity index (χ2n) is 4.07. The monoisotopic (exact) mass is 249 g/mol. The van der Waals surface area contributed by atoms with Crippen molar-refractivity contribution in [3.63, 3.8) is 0 Å². The van der Waals surface area contributed by atoms with E-state index in [0.717, 1.165) is 18.4 Å². The lowest BCUT2D eigenvalue weighted by atomic mass is 10.2. The number of urea groups is 1. The van der Waals surface area contributed by atoms with Gasteiger partial charge in [0.15, 0.2) is 0 Å². The Morgan fingerprint density at radius 1 is 1.22 bits per heavy atom. The van der Waals surface area contributed by atoms with Crippen LogP contribution in [0.25, 0.3) is 0 Å². The first-order valence-corrected chi connectivity index (χ1v) is 6.04. The quantitative estimate of drug-likeness (QED) is 0.720. The van der Waals surface area contributed by atoms with Gasteiger partial charge < -0.3 is 16.4 Å². The molecule has 0 aliphatic carbocycles. The van der Waals surface area contributed by atoms with Gasteiger partial charge in [0.2, 0.25) is 5.91 Å². The Labute approximate surface area is 107 Å². The third-order valence-electron chi connectivity index (χ3n) is 2.47. The normalized spacial score (nSPS) is 9.83. The Kier molecular flexibility index (Phi) is 5.70. The summed E-state index contributed by atoms with van der Waals surface area (Å²) in [6.07, 6.45) is 2.49. The number of carbonyl (C=O) groups excluding carboxylic acids is 2. The van der Waals surface area contributed by atoms with E-state index in [1.54, 1.807) is 12.1 Å². The molecule has 0 saturated heterocycles. The lowest BCUT2D eigenvalue weighted by Crippen LogP contribution is -2.22. The minimum atomic E-state index is -0.587. The van der Waals surface area contributed by atoms with Crippen molar-refractivity contribution in [2.75, 3.05) is 5.32 Å². The van der Waals surface area contributed by atoms with Gasteiger partial charge in [-0.05, 0) is 24.1 Å². The van der Waals surface area contributed by atoms with E-state index in [-0.39, 0.29) is 5.91 Å². The average Bonchev–Trinajstić information content (AvgIpc) is 2.35. The van der Waals surface area contributed by atoms with Gasteiger partial charge in [-0.3, -0.25) is 4.79 Å². The number of hydrogen-bond acceptors (Lipinski definition) is 2. The van der Waals surface area contributed by atoms with E-state index in [1.165, 1.54) is 0 Å². The summed E-state index contributed by atoms with van der Waals surface area (Å²) in [7, 11) is 0. The molecule has 0 bridgehead atoms. The highest BCUT2D eigenvalue weighted by atomic mass is 16.2. The van der Waals surface area contributed by atoms with Crippen molar-refractivity contribution < 1.29 is 9.59 Å². The van der Waals surface area contributed by atoms with Crippen LogP contribution in [0.4, 0.5) is 10.5 Å². The number of unbranched alkanes of at least 4 members (excludes halogenated alkanes) is 1. The maximum Gasteiger partial charge on any atom is 0.316 e. The molecule has 18 heavy (non-hydrogen) atoms. The highest BCUT2D eigenvalue weighted by Gasteiger charge is 2.01. The fourth-order valence-electron chi connectivity index (χ4n) is 1.47. The van der Waals surface area contributed by atoms with Crippen LogP contribution in [0.5, 0.6) is 0 Å². The highest BCUT2D eigenvalue weighted by molar-refractivity contribution is 5.87. The molecule has 5 heteroatoms. The van der Waals surface area contributed by atoms with Crippen LogP contribution >= 0.6 is 0 Å². The first-order valence-electron chi connectivity index (χ1n) is 6.04. The standard InChI is InChI=1S/C13H19N3O2/c1-2-3-4-12(17)15-9-10-5-7-11(8-6-10)16-13(14)18/h5-8H,2-4,9H2,1H3,(H,15,17)(H3,14,16,18). The summed E-state index contributed by atoms with van der Waals surface area (Å²) in [6.45, 7) is 2.55. The van der Waals surface area contributed by atoms with Gasteiger partial charge in [0.05, 0.1) is 0 Å². The number of amides is 3. The topological polar surface area (TPSA) is 84.2 Å². The first kappa shape index (κ1) is 14.0. The molecule has 0 unspecified atom stereocenters. The van der Waals surface area contributed by atoms with Crippen molar-refractivity contribution in [1.29, 1.82) is 0 Å². The molecule has 0 aromatic heterocycles. The molecule has 1 aromatic rings. The van der Waals surface area contributed by atoms with Gasteiger partial charge in [-0.2, -0.15) is 0 Å². The van der Waals surface area contributed by atoms with Gasteiger partial charge in [-0.15, -0.1) is 0 Å². The van der Waals surface area contributed by atoms with Crippen molar-refractivity contribution in [3.05, 3.63) is 29.8 Å². The molecule has 1 aromatic carbocycles.